The number of esters is 1. The number of carbonyl (C=O) groups excluding carboxylic acids is 3. The molecule has 0 heterocycles. The number of carbonyl (C=O) groups is 3. The summed E-state index contributed by atoms with van der Waals surface area (Å²) in [5, 5.41) is 2.68. The number of methoxy groups -OCH3 is 1. The molecule has 2 rings (SSSR count). The van der Waals surface area contributed by atoms with E-state index in [4.69, 9.17) is 15.2 Å². The fraction of sp³-hybridized carbons (Fsp3) is 0.167. The van der Waals surface area contributed by atoms with E-state index < -0.39 is 18.5 Å². The molecule has 136 valence electrons. The Hall–Kier alpha value is -3.55. The van der Waals surface area contributed by atoms with Gasteiger partial charge in [-0.3, -0.25) is 9.59 Å². The molecule has 0 unspecified atom stereocenters. The van der Waals surface area contributed by atoms with Gasteiger partial charge in [0.15, 0.2) is 13.2 Å². The van der Waals surface area contributed by atoms with E-state index in [1.807, 2.05) is 0 Å². The first-order valence-corrected chi connectivity index (χ1v) is 7.60. The molecule has 3 N–H and O–H groups in total. The SMILES string of the molecule is COc1cccc(NC(=O)COc2ccc(C(=O)OCC(N)=O)cc2)c1. The molecule has 2 aromatic carbocycles. The highest BCUT2D eigenvalue weighted by Crippen LogP contribution is 2.17. The lowest BCUT2D eigenvalue weighted by Crippen LogP contribution is -2.21. The summed E-state index contributed by atoms with van der Waals surface area (Å²) in [6, 6.07) is 12.9. The van der Waals surface area contributed by atoms with Crippen LogP contribution in [-0.4, -0.2) is 38.1 Å². The zero-order valence-electron chi connectivity index (χ0n) is 14.1. The van der Waals surface area contributed by atoms with Crippen LogP contribution in [0.3, 0.4) is 0 Å². The van der Waals surface area contributed by atoms with E-state index in [0.717, 1.165) is 0 Å². The van der Waals surface area contributed by atoms with Gasteiger partial charge in [0.05, 0.1) is 12.7 Å². The van der Waals surface area contributed by atoms with Gasteiger partial charge in [0.1, 0.15) is 11.5 Å². The summed E-state index contributed by atoms with van der Waals surface area (Å²) >= 11 is 0. The highest BCUT2D eigenvalue weighted by Gasteiger charge is 2.09. The van der Waals surface area contributed by atoms with Gasteiger partial charge in [-0.15, -0.1) is 0 Å². The Morgan fingerprint density at radius 2 is 1.73 bits per heavy atom. The highest BCUT2D eigenvalue weighted by atomic mass is 16.5. The molecule has 26 heavy (non-hydrogen) atoms. The van der Waals surface area contributed by atoms with Gasteiger partial charge in [0, 0.05) is 11.8 Å². The molecule has 0 aliphatic rings. The quantitative estimate of drug-likeness (QED) is 0.688. The second kappa shape index (κ2) is 9.07. The minimum absolute atomic E-state index is 0.206. The van der Waals surface area contributed by atoms with E-state index in [1.54, 1.807) is 24.3 Å². The van der Waals surface area contributed by atoms with Crippen LogP contribution in [0.5, 0.6) is 11.5 Å². The van der Waals surface area contributed by atoms with Gasteiger partial charge in [-0.2, -0.15) is 0 Å². The molecular formula is C18H18N2O6. The molecule has 2 aromatic rings. The summed E-state index contributed by atoms with van der Waals surface area (Å²) in [6.07, 6.45) is 0. The zero-order valence-corrected chi connectivity index (χ0v) is 14.1. The van der Waals surface area contributed by atoms with Crippen LogP contribution >= 0.6 is 0 Å². The summed E-state index contributed by atoms with van der Waals surface area (Å²) in [6.45, 7) is -0.690. The maximum Gasteiger partial charge on any atom is 0.338 e. The molecular weight excluding hydrogens is 340 g/mol. The van der Waals surface area contributed by atoms with Crippen LogP contribution in [0.4, 0.5) is 5.69 Å². The van der Waals surface area contributed by atoms with Gasteiger partial charge in [0.25, 0.3) is 11.8 Å². The minimum atomic E-state index is -0.736. The Morgan fingerprint density at radius 1 is 1.00 bits per heavy atom. The highest BCUT2D eigenvalue weighted by molar-refractivity contribution is 5.92. The summed E-state index contributed by atoms with van der Waals surface area (Å²) in [7, 11) is 1.54. The van der Waals surface area contributed by atoms with Gasteiger partial charge in [0.2, 0.25) is 0 Å². The zero-order chi connectivity index (χ0) is 18.9. The molecule has 0 radical (unpaired) electrons. The van der Waals surface area contributed by atoms with Crippen molar-refractivity contribution in [1.82, 2.24) is 0 Å². The van der Waals surface area contributed by atoms with Crippen LogP contribution in [0, 0.1) is 0 Å². The summed E-state index contributed by atoms with van der Waals surface area (Å²) in [5.74, 6) is -0.727. The normalized spacial score (nSPS) is 9.88. The third-order valence-electron chi connectivity index (χ3n) is 3.16. The number of amides is 2. The average molecular weight is 358 g/mol. The predicted molar refractivity (Wildman–Crippen MR) is 93.0 cm³/mol. The number of ether oxygens (including phenoxy) is 3. The molecule has 0 spiro atoms. The smallest absolute Gasteiger partial charge is 0.338 e. The fourth-order valence-corrected chi connectivity index (χ4v) is 1.95. The van der Waals surface area contributed by atoms with E-state index in [0.29, 0.717) is 17.2 Å². The van der Waals surface area contributed by atoms with Crippen molar-refractivity contribution >= 4 is 23.5 Å². The van der Waals surface area contributed by atoms with Gasteiger partial charge in [-0.25, -0.2) is 4.79 Å². The van der Waals surface area contributed by atoms with Gasteiger partial charge in [-0.1, -0.05) is 6.07 Å². The van der Waals surface area contributed by atoms with Crippen molar-refractivity contribution in [3.05, 3.63) is 54.1 Å². The van der Waals surface area contributed by atoms with E-state index in [1.165, 1.54) is 31.4 Å². The Kier molecular flexibility index (Phi) is 6.55. The standard InChI is InChI=1S/C18H18N2O6/c1-24-15-4-2-3-13(9-15)20-17(22)11-25-14-7-5-12(6-8-14)18(23)26-10-16(19)21/h2-9H,10-11H2,1H3,(H2,19,21)(H,20,22). The van der Waals surface area contributed by atoms with E-state index >= 15 is 0 Å². The lowest BCUT2D eigenvalue weighted by Gasteiger charge is -2.09. The first kappa shape index (κ1) is 18.8. The number of primary amides is 1. The summed E-state index contributed by atoms with van der Waals surface area (Å²) in [4.78, 5) is 34.1. The number of hydrogen-bond acceptors (Lipinski definition) is 6. The number of benzene rings is 2. The first-order chi connectivity index (χ1) is 12.5. The Balaban J connectivity index is 1.84. The largest absolute Gasteiger partial charge is 0.497 e. The maximum absolute atomic E-state index is 11.9. The lowest BCUT2D eigenvalue weighted by atomic mass is 10.2. The molecule has 0 saturated carbocycles. The molecule has 2 amide bonds. The fourth-order valence-electron chi connectivity index (χ4n) is 1.95. The minimum Gasteiger partial charge on any atom is -0.497 e. The second-order valence-corrected chi connectivity index (χ2v) is 5.14. The number of nitrogens with two attached hydrogens (primary N) is 1. The van der Waals surface area contributed by atoms with E-state index in [2.05, 4.69) is 10.1 Å². The average Bonchev–Trinajstić information content (AvgIpc) is 2.65. The molecule has 0 aliphatic heterocycles. The van der Waals surface area contributed by atoms with Crippen LogP contribution in [-0.2, 0) is 14.3 Å². The van der Waals surface area contributed by atoms with Crippen molar-refractivity contribution in [2.75, 3.05) is 25.6 Å². The Bertz CT molecular complexity index is 789. The third-order valence-corrected chi connectivity index (χ3v) is 3.16. The van der Waals surface area contributed by atoms with Crippen LogP contribution in [0.15, 0.2) is 48.5 Å². The first-order valence-electron chi connectivity index (χ1n) is 7.60. The number of rotatable bonds is 8. The topological polar surface area (TPSA) is 117 Å². The number of hydrogen-bond donors (Lipinski definition) is 2. The van der Waals surface area contributed by atoms with Crippen LogP contribution in [0.2, 0.25) is 0 Å². The van der Waals surface area contributed by atoms with Crippen LogP contribution in [0.1, 0.15) is 10.4 Å². The van der Waals surface area contributed by atoms with Gasteiger partial charge in [-0.05, 0) is 36.4 Å². The molecule has 8 heteroatoms. The van der Waals surface area contributed by atoms with Crippen molar-refractivity contribution in [3.8, 4) is 11.5 Å². The lowest BCUT2D eigenvalue weighted by molar-refractivity contribution is -0.121. The number of anilines is 1. The van der Waals surface area contributed by atoms with Gasteiger partial charge >= 0.3 is 5.97 Å². The van der Waals surface area contributed by atoms with E-state index in [-0.39, 0.29) is 18.1 Å². The van der Waals surface area contributed by atoms with Crippen molar-refractivity contribution in [2.24, 2.45) is 5.73 Å². The third kappa shape index (κ3) is 5.82. The van der Waals surface area contributed by atoms with Crippen molar-refractivity contribution in [2.45, 2.75) is 0 Å². The predicted octanol–water partition coefficient (Wildman–Crippen LogP) is 1.35. The Labute approximate surface area is 149 Å². The molecule has 0 atom stereocenters. The van der Waals surface area contributed by atoms with Crippen LogP contribution < -0.4 is 20.5 Å². The maximum atomic E-state index is 11.9. The summed E-state index contributed by atoms with van der Waals surface area (Å²) < 4.78 is 15.1. The van der Waals surface area contributed by atoms with Crippen molar-refractivity contribution in [3.63, 3.8) is 0 Å². The van der Waals surface area contributed by atoms with Crippen molar-refractivity contribution in [1.29, 1.82) is 0 Å². The molecule has 8 nitrogen and oxygen atoms in total. The van der Waals surface area contributed by atoms with Gasteiger partial charge < -0.3 is 25.3 Å². The monoisotopic (exact) mass is 358 g/mol. The Morgan fingerprint density at radius 3 is 2.38 bits per heavy atom. The summed E-state index contributed by atoms with van der Waals surface area (Å²) in [5.41, 5.74) is 5.73. The molecule has 0 aromatic heterocycles. The van der Waals surface area contributed by atoms with Crippen LogP contribution in [0.25, 0.3) is 0 Å². The van der Waals surface area contributed by atoms with Crippen molar-refractivity contribution < 1.29 is 28.6 Å². The molecule has 0 saturated heterocycles. The number of nitrogens with one attached hydrogen (secondary N) is 1. The molecule has 0 bridgehead atoms. The van der Waals surface area contributed by atoms with E-state index in [9.17, 15) is 14.4 Å². The molecule has 0 fully saturated rings. The molecule has 0 aliphatic carbocycles. The second-order valence-electron chi connectivity index (χ2n) is 5.14.